The Balaban J connectivity index is 2.30. The van der Waals surface area contributed by atoms with Crippen LogP contribution in [0.25, 0.3) is 0 Å². The van der Waals surface area contributed by atoms with Gasteiger partial charge in [0.15, 0.2) is 0 Å². The van der Waals surface area contributed by atoms with Crippen molar-refractivity contribution in [2.24, 2.45) is 0 Å². The number of fused-ring (bicyclic) bond motifs is 1. The van der Waals surface area contributed by atoms with E-state index in [1.54, 1.807) is 0 Å². The van der Waals surface area contributed by atoms with Crippen LogP contribution < -0.4 is 9.80 Å². The molecule has 70 valence electrons. The van der Waals surface area contributed by atoms with Crippen LogP contribution in [-0.2, 0) is 0 Å². The van der Waals surface area contributed by atoms with Crippen LogP contribution in [0.5, 0.6) is 0 Å². The summed E-state index contributed by atoms with van der Waals surface area (Å²) in [5.41, 5.74) is 2.60. The quantitative estimate of drug-likeness (QED) is 0.669. The van der Waals surface area contributed by atoms with Gasteiger partial charge >= 0.3 is 0 Å². The van der Waals surface area contributed by atoms with Crippen LogP contribution in [0, 0.1) is 0 Å². The SMILES string of the molecule is CN1CN(CCCl)c2ccccc21. The standard InChI is InChI=1S/C10H13ClN2/c1-12-8-13(7-6-11)10-5-3-2-4-9(10)12/h2-5H,6-8H2,1H3. The van der Waals surface area contributed by atoms with Gasteiger partial charge in [0.05, 0.1) is 18.0 Å². The number of halogens is 1. The van der Waals surface area contributed by atoms with Gasteiger partial charge < -0.3 is 9.80 Å². The van der Waals surface area contributed by atoms with Gasteiger partial charge in [-0.3, -0.25) is 0 Å². The summed E-state index contributed by atoms with van der Waals surface area (Å²) in [6.07, 6.45) is 0. The summed E-state index contributed by atoms with van der Waals surface area (Å²) >= 11 is 5.74. The molecule has 0 saturated heterocycles. The number of benzene rings is 1. The van der Waals surface area contributed by atoms with Gasteiger partial charge in [-0.15, -0.1) is 11.6 Å². The fourth-order valence-corrected chi connectivity index (χ4v) is 1.96. The summed E-state index contributed by atoms with van der Waals surface area (Å²) in [6.45, 7) is 1.87. The summed E-state index contributed by atoms with van der Waals surface area (Å²) < 4.78 is 0. The number of hydrogen-bond acceptors (Lipinski definition) is 2. The zero-order valence-electron chi connectivity index (χ0n) is 7.70. The number of para-hydroxylation sites is 2. The van der Waals surface area contributed by atoms with E-state index in [0.717, 1.165) is 13.2 Å². The van der Waals surface area contributed by atoms with Gasteiger partial charge in [0.2, 0.25) is 0 Å². The zero-order valence-corrected chi connectivity index (χ0v) is 8.46. The van der Waals surface area contributed by atoms with Gasteiger partial charge in [0, 0.05) is 19.5 Å². The largest absolute Gasteiger partial charge is 0.355 e. The summed E-state index contributed by atoms with van der Waals surface area (Å²) in [6, 6.07) is 8.42. The Labute approximate surface area is 83.7 Å². The molecular formula is C10H13ClN2. The highest BCUT2D eigenvalue weighted by atomic mass is 35.5. The van der Waals surface area contributed by atoms with Gasteiger partial charge in [0.1, 0.15) is 0 Å². The lowest BCUT2D eigenvalue weighted by Crippen LogP contribution is -2.29. The first-order valence-electron chi connectivity index (χ1n) is 4.44. The molecule has 2 rings (SSSR count). The van der Waals surface area contributed by atoms with Crippen molar-refractivity contribution in [1.29, 1.82) is 0 Å². The second-order valence-electron chi connectivity index (χ2n) is 3.28. The molecule has 0 N–H and O–H groups in total. The third-order valence-corrected chi connectivity index (χ3v) is 2.54. The molecule has 0 saturated carbocycles. The van der Waals surface area contributed by atoms with Crippen molar-refractivity contribution < 1.29 is 0 Å². The second kappa shape index (κ2) is 3.46. The van der Waals surface area contributed by atoms with E-state index in [1.165, 1.54) is 11.4 Å². The molecule has 1 heterocycles. The molecule has 1 aliphatic heterocycles. The summed E-state index contributed by atoms with van der Waals surface area (Å²) in [5, 5.41) is 0. The molecule has 1 aromatic rings. The Hall–Kier alpha value is -0.890. The molecule has 0 bridgehead atoms. The molecule has 13 heavy (non-hydrogen) atoms. The predicted molar refractivity (Wildman–Crippen MR) is 57.8 cm³/mol. The maximum absolute atomic E-state index is 5.74. The predicted octanol–water partition coefficient (Wildman–Crippen LogP) is 2.14. The minimum Gasteiger partial charge on any atom is -0.355 e. The lowest BCUT2D eigenvalue weighted by Gasteiger charge is -2.17. The second-order valence-corrected chi connectivity index (χ2v) is 3.66. The van der Waals surface area contributed by atoms with Crippen molar-refractivity contribution in [3.05, 3.63) is 24.3 Å². The Morgan fingerprint density at radius 1 is 1.31 bits per heavy atom. The topological polar surface area (TPSA) is 6.48 Å². The van der Waals surface area contributed by atoms with Crippen LogP contribution in [0.4, 0.5) is 11.4 Å². The molecule has 1 aliphatic rings. The Morgan fingerprint density at radius 2 is 2.00 bits per heavy atom. The van der Waals surface area contributed by atoms with Gasteiger partial charge in [0.25, 0.3) is 0 Å². The zero-order chi connectivity index (χ0) is 9.26. The van der Waals surface area contributed by atoms with E-state index in [4.69, 9.17) is 11.6 Å². The van der Waals surface area contributed by atoms with Crippen LogP contribution in [0.1, 0.15) is 0 Å². The number of alkyl halides is 1. The summed E-state index contributed by atoms with van der Waals surface area (Å²) in [7, 11) is 2.10. The number of nitrogens with zero attached hydrogens (tertiary/aromatic N) is 2. The number of hydrogen-bond donors (Lipinski definition) is 0. The van der Waals surface area contributed by atoms with E-state index in [1.807, 2.05) is 0 Å². The number of anilines is 2. The smallest absolute Gasteiger partial charge is 0.0901 e. The molecule has 0 amide bonds. The maximum Gasteiger partial charge on any atom is 0.0901 e. The summed E-state index contributed by atoms with van der Waals surface area (Å²) in [4.78, 5) is 4.53. The normalized spacial score (nSPS) is 14.9. The van der Waals surface area contributed by atoms with Crippen LogP contribution in [-0.4, -0.2) is 26.1 Å². The Kier molecular flexibility index (Phi) is 2.32. The van der Waals surface area contributed by atoms with Crippen LogP contribution >= 0.6 is 11.6 Å². The highest BCUT2D eigenvalue weighted by molar-refractivity contribution is 6.18. The van der Waals surface area contributed by atoms with Gasteiger partial charge in [-0.1, -0.05) is 12.1 Å². The highest BCUT2D eigenvalue weighted by Gasteiger charge is 2.21. The van der Waals surface area contributed by atoms with Crippen molar-refractivity contribution in [3.63, 3.8) is 0 Å². The maximum atomic E-state index is 5.74. The van der Waals surface area contributed by atoms with E-state index < -0.39 is 0 Å². The van der Waals surface area contributed by atoms with E-state index >= 15 is 0 Å². The molecule has 0 aromatic heterocycles. The molecule has 0 spiro atoms. The van der Waals surface area contributed by atoms with E-state index in [0.29, 0.717) is 5.88 Å². The summed E-state index contributed by atoms with van der Waals surface area (Å²) in [5.74, 6) is 0.683. The lowest BCUT2D eigenvalue weighted by molar-refractivity contribution is 0.847. The molecule has 0 radical (unpaired) electrons. The van der Waals surface area contributed by atoms with Crippen molar-refractivity contribution >= 4 is 23.0 Å². The van der Waals surface area contributed by atoms with Crippen LogP contribution in [0.3, 0.4) is 0 Å². The molecule has 2 nitrogen and oxygen atoms in total. The first kappa shape index (κ1) is 8.70. The molecule has 1 aromatic carbocycles. The first-order valence-corrected chi connectivity index (χ1v) is 4.97. The van der Waals surface area contributed by atoms with Crippen LogP contribution in [0.15, 0.2) is 24.3 Å². The molecular weight excluding hydrogens is 184 g/mol. The monoisotopic (exact) mass is 196 g/mol. The minimum absolute atomic E-state index is 0.683. The molecule has 0 unspecified atom stereocenters. The molecule has 0 aliphatic carbocycles. The van der Waals surface area contributed by atoms with E-state index in [2.05, 4.69) is 41.1 Å². The molecule has 3 heteroatoms. The van der Waals surface area contributed by atoms with Crippen molar-refractivity contribution in [3.8, 4) is 0 Å². The molecule has 0 fully saturated rings. The first-order chi connectivity index (χ1) is 6.33. The van der Waals surface area contributed by atoms with Crippen molar-refractivity contribution in [2.45, 2.75) is 0 Å². The Bertz CT molecular complexity index is 301. The number of rotatable bonds is 2. The average molecular weight is 197 g/mol. The fraction of sp³-hybridized carbons (Fsp3) is 0.400. The van der Waals surface area contributed by atoms with Crippen molar-refractivity contribution in [2.75, 3.05) is 35.9 Å². The molecule has 0 atom stereocenters. The van der Waals surface area contributed by atoms with Crippen molar-refractivity contribution in [1.82, 2.24) is 0 Å². The third kappa shape index (κ3) is 1.46. The van der Waals surface area contributed by atoms with Gasteiger partial charge in [-0.05, 0) is 12.1 Å². The highest BCUT2D eigenvalue weighted by Crippen LogP contribution is 2.33. The third-order valence-electron chi connectivity index (χ3n) is 2.37. The van der Waals surface area contributed by atoms with Crippen LogP contribution in [0.2, 0.25) is 0 Å². The minimum atomic E-state index is 0.683. The van der Waals surface area contributed by atoms with E-state index in [-0.39, 0.29) is 0 Å². The average Bonchev–Trinajstić information content (AvgIpc) is 2.46. The van der Waals surface area contributed by atoms with Gasteiger partial charge in [-0.25, -0.2) is 0 Å². The van der Waals surface area contributed by atoms with Gasteiger partial charge in [-0.2, -0.15) is 0 Å². The van der Waals surface area contributed by atoms with E-state index in [9.17, 15) is 0 Å². The fourth-order valence-electron chi connectivity index (χ4n) is 1.76. The Morgan fingerprint density at radius 3 is 2.69 bits per heavy atom. The lowest BCUT2D eigenvalue weighted by atomic mass is 10.2.